The van der Waals surface area contributed by atoms with Crippen LogP contribution in [0.25, 0.3) is 5.65 Å². The number of hydrogen-bond acceptors (Lipinski definition) is 5. The Bertz CT molecular complexity index is 1330. The molecule has 0 fully saturated rings. The zero-order valence-electron chi connectivity index (χ0n) is 19.0. The summed E-state index contributed by atoms with van der Waals surface area (Å²) in [6.07, 6.45) is 4.65. The Kier molecular flexibility index (Phi) is 6.53. The van der Waals surface area contributed by atoms with Gasteiger partial charge < -0.3 is 10.1 Å². The maximum Gasteiger partial charge on any atom is 0.351 e. The van der Waals surface area contributed by atoms with E-state index in [-0.39, 0.29) is 30.0 Å². The third-order valence-electron chi connectivity index (χ3n) is 5.64. The molecular formula is C25H27N5O3. The van der Waals surface area contributed by atoms with Crippen LogP contribution in [-0.2, 0) is 17.8 Å². The maximum atomic E-state index is 12.8. The summed E-state index contributed by atoms with van der Waals surface area (Å²) in [4.78, 5) is 29.6. The van der Waals surface area contributed by atoms with Gasteiger partial charge in [-0.2, -0.15) is 0 Å². The fraction of sp³-hybridized carbons (Fsp3) is 0.280. The van der Waals surface area contributed by atoms with Crippen LogP contribution in [0, 0.1) is 13.8 Å². The van der Waals surface area contributed by atoms with Gasteiger partial charge in [-0.05, 0) is 56.4 Å². The van der Waals surface area contributed by atoms with Crippen LogP contribution in [0.5, 0.6) is 11.6 Å². The van der Waals surface area contributed by atoms with Gasteiger partial charge in [0.25, 0.3) is 5.88 Å². The monoisotopic (exact) mass is 445 g/mol. The highest BCUT2D eigenvalue weighted by Gasteiger charge is 2.17. The SMILES string of the molecule is Cc1cccc(Oc2nccn3c(=O)n(CC(=O)NC(C)CCc4ccccc4)nc23)c1C. The van der Waals surface area contributed by atoms with Crippen LogP contribution in [0.4, 0.5) is 0 Å². The van der Waals surface area contributed by atoms with E-state index in [2.05, 4.69) is 27.5 Å². The third-order valence-corrected chi connectivity index (χ3v) is 5.64. The number of carbonyl (C=O) groups is 1. The highest BCUT2D eigenvalue weighted by molar-refractivity contribution is 5.76. The van der Waals surface area contributed by atoms with Crippen LogP contribution in [0.15, 0.2) is 65.7 Å². The van der Waals surface area contributed by atoms with E-state index in [1.807, 2.05) is 57.2 Å². The summed E-state index contributed by atoms with van der Waals surface area (Å²) >= 11 is 0. The molecule has 170 valence electrons. The first kappa shape index (κ1) is 22.3. The number of ether oxygens (including phenoxy) is 1. The number of nitrogens with zero attached hydrogens (tertiary/aromatic N) is 4. The molecule has 2 aromatic heterocycles. The van der Waals surface area contributed by atoms with Gasteiger partial charge in [0, 0.05) is 18.4 Å². The summed E-state index contributed by atoms with van der Waals surface area (Å²) in [5.41, 5.74) is 3.12. The summed E-state index contributed by atoms with van der Waals surface area (Å²) in [5.74, 6) is 0.576. The molecule has 0 bridgehead atoms. The molecule has 8 heteroatoms. The molecule has 1 amide bonds. The number of aryl methyl sites for hydroxylation is 2. The first-order chi connectivity index (χ1) is 15.9. The second kappa shape index (κ2) is 9.68. The minimum Gasteiger partial charge on any atom is -0.436 e. The Labute approximate surface area is 191 Å². The summed E-state index contributed by atoms with van der Waals surface area (Å²) in [6.45, 7) is 5.72. The van der Waals surface area contributed by atoms with Crippen LogP contribution in [0.3, 0.4) is 0 Å². The molecule has 0 aliphatic carbocycles. The number of nitrogens with one attached hydrogen (secondary N) is 1. The van der Waals surface area contributed by atoms with Gasteiger partial charge in [0.1, 0.15) is 12.3 Å². The Balaban J connectivity index is 1.46. The summed E-state index contributed by atoms with van der Waals surface area (Å²) in [5, 5.41) is 7.26. The predicted octanol–water partition coefficient (Wildman–Crippen LogP) is 3.44. The van der Waals surface area contributed by atoms with Crippen LogP contribution < -0.4 is 15.7 Å². The minimum atomic E-state index is -0.426. The zero-order valence-corrected chi connectivity index (χ0v) is 19.0. The standard InChI is InChI=1S/C25H27N5O3/c1-17-8-7-11-21(19(17)3)33-24-23-28-30(25(32)29(23)15-14-26-24)16-22(31)27-18(2)12-13-20-9-5-4-6-10-20/h4-11,14-15,18H,12-13,16H2,1-3H3,(H,27,31). The van der Waals surface area contributed by atoms with Gasteiger partial charge in [-0.3, -0.25) is 4.79 Å². The van der Waals surface area contributed by atoms with E-state index >= 15 is 0 Å². The van der Waals surface area contributed by atoms with Crippen molar-refractivity contribution in [2.75, 3.05) is 0 Å². The van der Waals surface area contributed by atoms with Crippen LogP contribution in [0.1, 0.15) is 30.0 Å². The van der Waals surface area contributed by atoms with Crippen molar-refractivity contribution in [1.29, 1.82) is 0 Å². The number of benzene rings is 2. The molecule has 0 aliphatic heterocycles. The second-order valence-corrected chi connectivity index (χ2v) is 8.16. The number of aromatic nitrogens is 4. The summed E-state index contributed by atoms with van der Waals surface area (Å²) in [6, 6.07) is 15.8. The van der Waals surface area contributed by atoms with Crippen molar-refractivity contribution in [1.82, 2.24) is 24.5 Å². The Morgan fingerprint density at radius 3 is 2.70 bits per heavy atom. The fourth-order valence-electron chi connectivity index (χ4n) is 3.60. The van der Waals surface area contributed by atoms with E-state index < -0.39 is 5.69 Å². The van der Waals surface area contributed by atoms with Crippen molar-refractivity contribution >= 4 is 11.6 Å². The lowest BCUT2D eigenvalue weighted by Gasteiger charge is -2.13. The van der Waals surface area contributed by atoms with Crippen LogP contribution >= 0.6 is 0 Å². The quantitative estimate of drug-likeness (QED) is 0.449. The molecule has 0 saturated carbocycles. The lowest BCUT2D eigenvalue weighted by molar-refractivity contribution is -0.122. The fourth-order valence-corrected chi connectivity index (χ4v) is 3.60. The largest absolute Gasteiger partial charge is 0.436 e. The number of hydrogen-bond donors (Lipinski definition) is 1. The van der Waals surface area contributed by atoms with Crippen molar-refractivity contribution in [3.63, 3.8) is 0 Å². The zero-order chi connectivity index (χ0) is 23.4. The normalized spacial score (nSPS) is 12.0. The van der Waals surface area contributed by atoms with Crippen LogP contribution in [0.2, 0.25) is 0 Å². The number of carbonyl (C=O) groups excluding carboxylic acids is 1. The van der Waals surface area contributed by atoms with Gasteiger partial charge in [-0.15, -0.1) is 5.10 Å². The Hall–Kier alpha value is -3.94. The molecule has 1 unspecified atom stereocenters. The minimum absolute atomic E-state index is 0.0321. The van der Waals surface area contributed by atoms with Gasteiger partial charge >= 0.3 is 5.69 Å². The number of rotatable bonds is 8. The number of fused-ring (bicyclic) bond motifs is 1. The van der Waals surface area contributed by atoms with Crippen molar-refractivity contribution in [3.05, 3.63) is 88.1 Å². The first-order valence-electron chi connectivity index (χ1n) is 10.9. The van der Waals surface area contributed by atoms with Crippen molar-refractivity contribution in [2.45, 2.75) is 46.2 Å². The first-order valence-corrected chi connectivity index (χ1v) is 10.9. The lowest BCUT2D eigenvalue weighted by Crippen LogP contribution is -2.37. The second-order valence-electron chi connectivity index (χ2n) is 8.16. The molecule has 1 atom stereocenters. The van der Waals surface area contributed by atoms with E-state index in [1.54, 1.807) is 0 Å². The van der Waals surface area contributed by atoms with Gasteiger partial charge in [-0.25, -0.2) is 18.9 Å². The molecule has 0 radical (unpaired) electrons. The summed E-state index contributed by atoms with van der Waals surface area (Å²) < 4.78 is 8.43. The smallest absolute Gasteiger partial charge is 0.351 e. The van der Waals surface area contributed by atoms with E-state index in [4.69, 9.17) is 4.74 Å². The molecule has 0 aliphatic rings. The molecule has 4 aromatic rings. The Morgan fingerprint density at radius 1 is 1.12 bits per heavy atom. The van der Waals surface area contributed by atoms with Crippen LogP contribution in [-0.4, -0.2) is 31.1 Å². The van der Waals surface area contributed by atoms with E-state index in [0.29, 0.717) is 5.75 Å². The highest BCUT2D eigenvalue weighted by Crippen LogP contribution is 2.27. The van der Waals surface area contributed by atoms with Crippen molar-refractivity contribution < 1.29 is 9.53 Å². The van der Waals surface area contributed by atoms with Gasteiger partial charge in [0.2, 0.25) is 11.6 Å². The molecule has 0 saturated heterocycles. The Morgan fingerprint density at radius 2 is 1.91 bits per heavy atom. The molecule has 0 spiro atoms. The van der Waals surface area contributed by atoms with E-state index in [0.717, 1.165) is 28.7 Å². The molecule has 33 heavy (non-hydrogen) atoms. The average Bonchev–Trinajstić information content (AvgIpc) is 3.12. The predicted molar refractivity (Wildman–Crippen MR) is 126 cm³/mol. The lowest BCUT2D eigenvalue weighted by atomic mass is 10.1. The highest BCUT2D eigenvalue weighted by atomic mass is 16.5. The molecular weight excluding hydrogens is 418 g/mol. The maximum absolute atomic E-state index is 12.8. The van der Waals surface area contributed by atoms with Crippen molar-refractivity contribution in [2.24, 2.45) is 0 Å². The molecule has 2 aromatic carbocycles. The van der Waals surface area contributed by atoms with Gasteiger partial charge in [0.15, 0.2) is 0 Å². The van der Waals surface area contributed by atoms with Crippen molar-refractivity contribution in [3.8, 4) is 11.6 Å². The van der Waals surface area contributed by atoms with Gasteiger partial charge in [-0.1, -0.05) is 42.5 Å². The van der Waals surface area contributed by atoms with E-state index in [1.165, 1.54) is 22.4 Å². The molecule has 1 N–H and O–H groups in total. The molecule has 8 nitrogen and oxygen atoms in total. The molecule has 2 heterocycles. The topological polar surface area (TPSA) is 90.5 Å². The average molecular weight is 446 g/mol. The third kappa shape index (κ3) is 5.11. The molecule has 4 rings (SSSR count). The summed E-state index contributed by atoms with van der Waals surface area (Å²) in [7, 11) is 0. The van der Waals surface area contributed by atoms with E-state index in [9.17, 15) is 9.59 Å². The number of amides is 1. The van der Waals surface area contributed by atoms with Gasteiger partial charge in [0.05, 0.1) is 0 Å².